The minimum atomic E-state index is -2.59. The third-order valence-corrected chi connectivity index (χ3v) is 18.3. The van der Waals surface area contributed by atoms with E-state index in [1.165, 1.54) is 23.6 Å². The van der Waals surface area contributed by atoms with Crippen LogP contribution < -0.4 is 24.6 Å². The molecule has 0 saturated carbocycles. The quantitative estimate of drug-likeness (QED) is 0.0791. The highest BCUT2D eigenvalue weighted by molar-refractivity contribution is 6.91. The molecule has 348 valence electrons. The molecule has 4 aromatic carbocycles. The molecule has 3 fully saturated rings. The fourth-order valence-electron chi connectivity index (χ4n) is 10.7. The number of aryl methyl sites for hydroxylation is 1. The molecule has 7 atom stereocenters. The lowest BCUT2D eigenvalue weighted by Gasteiger charge is -2.39. The molecule has 5 heterocycles. The summed E-state index contributed by atoms with van der Waals surface area (Å²) in [4.78, 5) is 70.4. The summed E-state index contributed by atoms with van der Waals surface area (Å²) in [5.74, 6) is -1.72. The SMILES string of the molecule is COc1ccc([Si](C)(C)[C@@H]2[C@@H](CCn3cc(C(CO)c4ccccc4)nn3)O[C@]3(C(=O)N(Cc4cccc(N5C(=O)CC5OC(C)=O)c4)c4ccc(N5C(=O)CC5OC(C)=O)cc43)[C@H]2C)cc1. The van der Waals surface area contributed by atoms with Crippen molar-refractivity contribution in [2.75, 3.05) is 28.4 Å². The maximum absolute atomic E-state index is 15.8. The van der Waals surface area contributed by atoms with E-state index in [-0.39, 0.29) is 55.2 Å². The number of methoxy groups -OCH3 is 1. The van der Waals surface area contributed by atoms with E-state index >= 15 is 4.79 Å². The van der Waals surface area contributed by atoms with E-state index in [0.717, 1.165) is 22.1 Å². The number of aliphatic hydroxyl groups excluding tert-OH is 1. The number of aromatic nitrogens is 3. The van der Waals surface area contributed by atoms with Gasteiger partial charge in [0, 0.05) is 49.4 Å². The summed E-state index contributed by atoms with van der Waals surface area (Å²) in [6.07, 6.45) is 0.457. The summed E-state index contributed by atoms with van der Waals surface area (Å²) in [5, 5.41) is 20.5. The van der Waals surface area contributed by atoms with E-state index in [2.05, 4.69) is 42.5 Å². The van der Waals surface area contributed by atoms with Crippen LogP contribution in [0.5, 0.6) is 5.75 Å². The van der Waals surface area contributed by atoms with Gasteiger partial charge in [-0.05, 0) is 65.6 Å². The number of β-lactam (4-membered cyclic amide) rings is 2. The summed E-state index contributed by atoms with van der Waals surface area (Å²) in [5.41, 5.74) is 2.82. The van der Waals surface area contributed by atoms with Gasteiger partial charge in [-0.15, -0.1) is 5.10 Å². The first-order chi connectivity index (χ1) is 32.1. The molecule has 17 heteroatoms. The first kappa shape index (κ1) is 45.5. The maximum atomic E-state index is 15.8. The van der Waals surface area contributed by atoms with Crippen LogP contribution in [0.3, 0.4) is 0 Å². The number of hydrogen-bond donors (Lipinski definition) is 1. The molecule has 9 rings (SSSR count). The van der Waals surface area contributed by atoms with Gasteiger partial charge in [0.05, 0.1) is 64.6 Å². The third-order valence-electron chi connectivity index (χ3n) is 14.0. The number of fused-ring (bicyclic) bond motifs is 2. The van der Waals surface area contributed by atoms with E-state index in [1.54, 1.807) is 34.9 Å². The second kappa shape index (κ2) is 17.8. The van der Waals surface area contributed by atoms with Gasteiger partial charge in [-0.3, -0.25) is 38.5 Å². The molecule has 4 aliphatic rings. The number of anilines is 3. The van der Waals surface area contributed by atoms with Gasteiger partial charge in [0.15, 0.2) is 18.1 Å². The van der Waals surface area contributed by atoms with Gasteiger partial charge in [-0.25, -0.2) is 0 Å². The second-order valence-corrected chi connectivity index (χ2v) is 23.0. The number of nitrogens with zero attached hydrogens (tertiary/aromatic N) is 6. The second-order valence-electron chi connectivity index (χ2n) is 18.3. The Hall–Kier alpha value is -6.69. The van der Waals surface area contributed by atoms with Crippen molar-refractivity contribution in [3.05, 3.63) is 126 Å². The molecule has 3 amide bonds. The summed E-state index contributed by atoms with van der Waals surface area (Å²) in [6, 6.07) is 30.5. The zero-order valence-corrected chi connectivity index (χ0v) is 39.3. The first-order valence-electron chi connectivity index (χ1n) is 22.6. The van der Waals surface area contributed by atoms with Gasteiger partial charge in [0.1, 0.15) is 5.75 Å². The van der Waals surface area contributed by atoms with Crippen LogP contribution in [0.4, 0.5) is 17.1 Å². The fraction of sp³-hybridized carbons (Fsp3) is 0.380. The number of benzene rings is 4. The summed E-state index contributed by atoms with van der Waals surface area (Å²) < 4.78 is 25.7. The molecule has 1 spiro atoms. The Morgan fingerprint density at radius 3 is 2.13 bits per heavy atom. The van der Waals surface area contributed by atoms with Crippen LogP contribution in [0.25, 0.3) is 0 Å². The number of amides is 3. The van der Waals surface area contributed by atoms with Gasteiger partial charge in [0.25, 0.3) is 5.91 Å². The smallest absolute Gasteiger partial charge is 0.304 e. The summed E-state index contributed by atoms with van der Waals surface area (Å²) >= 11 is 0. The van der Waals surface area contributed by atoms with Crippen molar-refractivity contribution < 1.29 is 48.0 Å². The molecule has 0 radical (unpaired) electrons. The number of carbonyl (C=O) groups excluding carboxylic acids is 5. The van der Waals surface area contributed by atoms with Gasteiger partial charge in [-0.1, -0.05) is 85.0 Å². The van der Waals surface area contributed by atoms with E-state index < -0.39 is 50.1 Å². The maximum Gasteiger partial charge on any atom is 0.304 e. The molecule has 1 aromatic heterocycles. The number of carbonyl (C=O) groups is 5. The lowest BCUT2D eigenvalue weighted by atomic mass is 9.82. The Labute approximate surface area is 389 Å². The molecule has 67 heavy (non-hydrogen) atoms. The number of ether oxygens (including phenoxy) is 4. The topological polar surface area (TPSA) is 183 Å². The van der Waals surface area contributed by atoms with Gasteiger partial charge in [0.2, 0.25) is 11.8 Å². The molecule has 3 unspecified atom stereocenters. The highest BCUT2D eigenvalue weighted by Crippen LogP contribution is 2.61. The Bertz CT molecular complexity index is 2730. The summed E-state index contributed by atoms with van der Waals surface area (Å²) in [6.45, 7) is 9.66. The molecule has 5 aromatic rings. The van der Waals surface area contributed by atoms with E-state index in [9.17, 15) is 24.3 Å². The van der Waals surface area contributed by atoms with Crippen molar-refractivity contribution >= 4 is 60.0 Å². The van der Waals surface area contributed by atoms with Crippen LogP contribution in [-0.4, -0.2) is 90.1 Å². The highest BCUT2D eigenvalue weighted by atomic mass is 28.3. The van der Waals surface area contributed by atoms with Gasteiger partial charge < -0.3 is 29.0 Å². The fourth-order valence-corrected chi connectivity index (χ4v) is 14.8. The Morgan fingerprint density at radius 2 is 1.52 bits per heavy atom. The molecule has 0 aliphatic carbocycles. The summed E-state index contributed by atoms with van der Waals surface area (Å²) in [7, 11) is -0.956. The average molecular weight is 927 g/mol. The first-order valence-corrected chi connectivity index (χ1v) is 25.6. The molecular formula is C50H54N6O10Si. The third kappa shape index (κ3) is 8.07. The highest BCUT2D eigenvalue weighted by Gasteiger charge is 2.66. The Balaban J connectivity index is 1.11. The van der Waals surface area contributed by atoms with E-state index in [1.807, 2.05) is 72.9 Å². The number of rotatable bonds is 15. The largest absolute Gasteiger partial charge is 0.497 e. The molecule has 4 aliphatic heterocycles. The van der Waals surface area contributed by atoms with Crippen LogP contribution >= 0.6 is 0 Å². The van der Waals surface area contributed by atoms with Crippen molar-refractivity contribution in [3.8, 4) is 5.75 Å². The van der Waals surface area contributed by atoms with Gasteiger partial charge in [-0.2, -0.15) is 0 Å². The monoisotopic (exact) mass is 926 g/mol. The van der Waals surface area contributed by atoms with Crippen LogP contribution in [0.1, 0.15) is 68.3 Å². The number of hydrogen-bond acceptors (Lipinski definition) is 12. The zero-order chi connectivity index (χ0) is 47.4. The van der Waals surface area contributed by atoms with Crippen molar-refractivity contribution in [2.24, 2.45) is 5.92 Å². The molecule has 3 saturated heterocycles. The normalized spacial score (nSPS) is 23.8. The minimum Gasteiger partial charge on any atom is -0.497 e. The predicted molar refractivity (Wildman–Crippen MR) is 249 cm³/mol. The Morgan fingerprint density at radius 1 is 0.866 bits per heavy atom. The lowest BCUT2D eigenvalue weighted by Crippen LogP contribution is -2.55. The predicted octanol–water partition coefficient (Wildman–Crippen LogP) is 5.52. The number of aliphatic hydroxyl groups is 1. The van der Waals surface area contributed by atoms with Crippen LogP contribution in [0.15, 0.2) is 103 Å². The van der Waals surface area contributed by atoms with Crippen LogP contribution in [0, 0.1) is 5.92 Å². The van der Waals surface area contributed by atoms with E-state index in [4.69, 9.17) is 18.9 Å². The van der Waals surface area contributed by atoms with E-state index in [0.29, 0.717) is 41.3 Å². The zero-order valence-electron chi connectivity index (χ0n) is 38.3. The molecule has 0 bridgehead atoms. The van der Waals surface area contributed by atoms with Crippen molar-refractivity contribution in [1.82, 2.24) is 15.0 Å². The van der Waals surface area contributed by atoms with Gasteiger partial charge >= 0.3 is 11.9 Å². The molecule has 1 N–H and O–H groups in total. The average Bonchev–Trinajstić information content (AvgIpc) is 3.95. The van der Waals surface area contributed by atoms with Crippen LogP contribution in [-0.2, 0) is 56.9 Å². The van der Waals surface area contributed by atoms with Crippen LogP contribution in [0.2, 0.25) is 18.6 Å². The lowest BCUT2D eigenvalue weighted by molar-refractivity contribution is -0.155. The molecule has 16 nitrogen and oxygen atoms in total. The van der Waals surface area contributed by atoms with Crippen molar-refractivity contribution in [1.29, 1.82) is 0 Å². The number of esters is 2. The molecular weight excluding hydrogens is 873 g/mol. The van der Waals surface area contributed by atoms with Crippen molar-refractivity contribution in [3.63, 3.8) is 0 Å². The Kier molecular flexibility index (Phi) is 12.1. The van der Waals surface area contributed by atoms with Crippen molar-refractivity contribution in [2.45, 2.75) is 102 Å². The minimum absolute atomic E-state index is 0.0359. The standard InChI is InChI=1S/C50H54N6O10Si/c1-30-48(67(5,6)38-18-16-37(63-4)17-19-38)43(21-22-53-28-41(51-52-53)39(29-57)34-12-8-7-9-13-34)66-50(30)40-24-36(56-45(61)26-47(56)65-32(3)59)15-20-42(40)54(49(50)62)27-33-11-10-14-35(23-33)55-44(60)25-46(55)64-31(2)58/h7-20,23-24,28,30,39,43,46-48,57H,21-22,25-27,29H2,1-6H3/t30-,39?,43+,46?,47?,48-,50+/m0/s1.